The molecular weight excluding hydrogens is 446 g/mol. The van der Waals surface area contributed by atoms with Crippen LogP contribution >= 0.6 is 27.7 Å². The Bertz CT molecular complexity index is 862. The summed E-state index contributed by atoms with van der Waals surface area (Å²) in [4.78, 5) is 21.9. The summed E-state index contributed by atoms with van der Waals surface area (Å²) in [5.41, 5.74) is 1.74. The number of hydrogen-bond acceptors (Lipinski definition) is 7. The average Bonchev–Trinajstić information content (AvgIpc) is 2.65. The molecule has 1 N–H and O–H groups in total. The van der Waals surface area contributed by atoms with E-state index in [1.54, 1.807) is 13.3 Å². The Balaban J connectivity index is 2.16. The average molecular weight is 470 g/mol. The molecule has 0 aliphatic carbocycles. The number of pyridine rings is 1. The zero-order valence-corrected chi connectivity index (χ0v) is 18.9. The van der Waals surface area contributed by atoms with Crippen LogP contribution in [0.25, 0.3) is 10.9 Å². The van der Waals surface area contributed by atoms with Gasteiger partial charge in [0.2, 0.25) is 5.44 Å². The monoisotopic (exact) mass is 469 g/mol. The third kappa shape index (κ3) is 5.83. The number of halogens is 1. The number of hydrogen-bond donors (Lipinski definition) is 1. The van der Waals surface area contributed by atoms with Gasteiger partial charge >= 0.3 is 0 Å². The van der Waals surface area contributed by atoms with Gasteiger partial charge in [0, 0.05) is 23.2 Å². The minimum atomic E-state index is -0.717. The van der Waals surface area contributed by atoms with Crippen LogP contribution in [-0.2, 0) is 14.4 Å². The first-order chi connectivity index (χ1) is 13.4. The number of carbonyl (C=O) groups excluding carboxylic acids is 1. The third-order valence-corrected chi connectivity index (χ3v) is 5.12. The highest BCUT2D eigenvalue weighted by atomic mass is 79.9. The molecule has 0 fully saturated rings. The molecule has 1 heterocycles. The number of amides is 1. The van der Waals surface area contributed by atoms with Crippen LogP contribution in [0.3, 0.4) is 0 Å². The van der Waals surface area contributed by atoms with Gasteiger partial charge in [-0.2, -0.15) is 0 Å². The van der Waals surface area contributed by atoms with E-state index in [1.807, 2.05) is 38.3 Å². The second kappa shape index (κ2) is 10.6. The largest absolute Gasteiger partial charge is 0.470 e. The lowest BCUT2D eigenvalue weighted by Crippen LogP contribution is -2.45. The van der Waals surface area contributed by atoms with E-state index in [4.69, 9.17) is 14.3 Å². The summed E-state index contributed by atoms with van der Waals surface area (Å²) in [6, 6.07) is 5.37. The fourth-order valence-corrected chi connectivity index (χ4v) is 3.47. The van der Waals surface area contributed by atoms with E-state index in [9.17, 15) is 4.79 Å². The van der Waals surface area contributed by atoms with E-state index in [-0.39, 0.29) is 18.6 Å². The number of methoxy groups -OCH3 is 1. The summed E-state index contributed by atoms with van der Waals surface area (Å²) in [6.07, 6.45) is 3.58. The molecule has 2 atom stereocenters. The van der Waals surface area contributed by atoms with E-state index in [0.717, 1.165) is 20.9 Å². The van der Waals surface area contributed by atoms with Crippen LogP contribution in [0.4, 0.5) is 0 Å². The molecule has 0 radical (unpaired) electrons. The Morgan fingerprint density at radius 2 is 2.11 bits per heavy atom. The van der Waals surface area contributed by atoms with E-state index >= 15 is 0 Å². The van der Waals surface area contributed by atoms with Crippen molar-refractivity contribution in [1.29, 1.82) is 0 Å². The van der Waals surface area contributed by atoms with Crippen molar-refractivity contribution in [1.82, 2.24) is 10.3 Å². The molecule has 1 amide bonds. The van der Waals surface area contributed by atoms with Gasteiger partial charge in [-0.15, -0.1) is 11.8 Å². The lowest BCUT2D eigenvalue weighted by molar-refractivity contribution is -0.124. The quantitative estimate of drug-likeness (QED) is 0.343. The van der Waals surface area contributed by atoms with Crippen LogP contribution in [0.5, 0.6) is 5.75 Å². The normalized spacial score (nSPS) is 13.9. The molecule has 1 aromatic heterocycles. The Morgan fingerprint density at radius 1 is 1.36 bits per heavy atom. The standard InChI is InChI=1S/C19H24BrN3O4S/c1-11-6-15(8-13-7-14(20)9-21-17(11)13)27-19(28-5)18(24)22-12(2)16(10-25-3)23-26-4/h6-9,12,19H,10H2,1-5H3,(H,22,24). The zero-order chi connectivity index (χ0) is 20.7. The molecule has 9 heteroatoms. The van der Waals surface area contributed by atoms with E-state index in [0.29, 0.717) is 11.5 Å². The summed E-state index contributed by atoms with van der Waals surface area (Å²) in [7, 11) is 3.01. The highest BCUT2D eigenvalue weighted by Gasteiger charge is 2.23. The van der Waals surface area contributed by atoms with E-state index in [2.05, 4.69) is 31.4 Å². The van der Waals surface area contributed by atoms with Crippen molar-refractivity contribution in [3.63, 3.8) is 0 Å². The first-order valence-electron chi connectivity index (χ1n) is 8.54. The molecule has 1 aromatic carbocycles. The number of fused-ring (bicyclic) bond motifs is 1. The molecule has 0 spiro atoms. The molecule has 0 saturated carbocycles. The molecule has 28 heavy (non-hydrogen) atoms. The van der Waals surface area contributed by atoms with Gasteiger partial charge in [0.1, 0.15) is 18.6 Å². The number of carbonyl (C=O) groups is 1. The number of thioether (sulfide) groups is 1. The van der Waals surface area contributed by atoms with Gasteiger partial charge in [-0.1, -0.05) is 5.16 Å². The Kier molecular flexibility index (Phi) is 8.53. The Labute approximate surface area is 177 Å². The summed E-state index contributed by atoms with van der Waals surface area (Å²) in [5.74, 6) is 0.347. The van der Waals surface area contributed by atoms with Gasteiger partial charge in [-0.05, 0) is 59.8 Å². The zero-order valence-electron chi connectivity index (χ0n) is 16.5. The van der Waals surface area contributed by atoms with Crippen molar-refractivity contribution < 1.29 is 19.1 Å². The number of nitrogens with one attached hydrogen (secondary N) is 1. The highest BCUT2D eigenvalue weighted by molar-refractivity contribution is 9.10. The number of aromatic nitrogens is 1. The Morgan fingerprint density at radius 3 is 2.75 bits per heavy atom. The van der Waals surface area contributed by atoms with Crippen molar-refractivity contribution in [2.45, 2.75) is 25.3 Å². The second-order valence-electron chi connectivity index (χ2n) is 6.08. The van der Waals surface area contributed by atoms with E-state index in [1.165, 1.54) is 18.9 Å². The fraction of sp³-hybridized carbons (Fsp3) is 0.421. The topological polar surface area (TPSA) is 82.0 Å². The summed E-state index contributed by atoms with van der Waals surface area (Å²) in [6.45, 7) is 4.03. The van der Waals surface area contributed by atoms with Crippen LogP contribution in [0.2, 0.25) is 0 Å². The van der Waals surface area contributed by atoms with Crippen LogP contribution in [0, 0.1) is 6.92 Å². The molecule has 7 nitrogen and oxygen atoms in total. The molecule has 0 aliphatic rings. The van der Waals surface area contributed by atoms with Crippen LogP contribution < -0.4 is 10.1 Å². The van der Waals surface area contributed by atoms with Crippen LogP contribution in [0.15, 0.2) is 34.0 Å². The summed E-state index contributed by atoms with van der Waals surface area (Å²) < 4.78 is 11.9. The second-order valence-corrected chi connectivity index (χ2v) is 7.89. The number of nitrogens with zero attached hydrogens (tertiary/aromatic N) is 2. The number of rotatable bonds is 9. The lowest BCUT2D eigenvalue weighted by Gasteiger charge is -2.21. The predicted octanol–water partition coefficient (Wildman–Crippen LogP) is 3.53. The van der Waals surface area contributed by atoms with Crippen molar-refractivity contribution in [2.24, 2.45) is 5.16 Å². The molecule has 0 bridgehead atoms. The molecule has 0 aliphatic heterocycles. The van der Waals surface area contributed by atoms with Gasteiger partial charge in [0.05, 0.1) is 18.2 Å². The van der Waals surface area contributed by atoms with Crippen molar-refractivity contribution in [3.8, 4) is 5.75 Å². The maximum atomic E-state index is 12.7. The highest BCUT2D eigenvalue weighted by Crippen LogP contribution is 2.27. The first-order valence-corrected chi connectivity index (χ1v) is 10.6. The van der Waals surface area contributed by atoms with Crippen molar-refractivity contribution in [2.75, 3.05) is 27.1 Å². The maximum Gasteiger partial charge on any atom is 0.272 e. The summed E-state index contributed by atoms with van der Waals surface area (Å²) in [5, 5.41) is 7.73. The molecule has 0 saturated heterocycles. The SMILES string of the molecule is COCC(=NOC)C(C)NC(=O)C(Oc1cc(C)c2ncc(Br)cc2c1)SC. The predicted molar refractivity (Wildman–Crippen MR) is 116 cm³/mol. The van der Waals surface area contributed by atoms with E-state index < -0.39 is 5.44 Å². The minimum Gasteiger partial charge on any atom is -0.470 e. The number of ether oxygens (including phenoxy) is 2. The van der Waals surface area contributed by atoms with Gasteiger partial charge in [-0.3, -0.25) is 9.78 Å². The molecule has 2 rings (SSSR count). The van der Waals surface area contributed by atoms with Crippen LogP contribution in [-0.4, -0.2) is 55.2 Å². The summed E-state index contributed by atoms with van der Waals surface area (Å²) >= 11 is 4.74. The smallest absolute Gasteiger partial charge is 0.272 e. The number of benzene rings is 1. The fourth-order valence-electron chi connectivity index (χ4n) is 2.63. The molecule has 2 aromatic rings. The van der Waals surface area contributed by atoms with Crippen LogP contribution in [0.1, 0.15) is 12.5 Å². The Hall–Kier alpha value is -1.84. The molecular formula is C19H24BrN3O4S. The maximum absolute atomic E-state index is 12.7. The van der Waals surface area contributed by atoms with Crippen molar-refractivity contribution in [3.05, 3.63) is 34.4 Å². The van der Waals surface area contributed by atoms with Crippen molar-refractivity contribution >= 4 is 50.2 Å². The first kappa shape index (κ1) is 22.4. The number of aryl methyl sites for hydroxylation is 1. The van der Waals surface area contributed by atoms with Gasteiger partial charge in [0.15, 0.2) is 0 Å². The molecule has 2 unspecified atom stereocenters. The van der Waals surface area contributed by atoms with Gasteiger partial charge < -0.3 is 19.6 Å². The third-order valence-electron chi connectivity index (χ3n) is 3.94. The molecule has 152 valence electrons. The lowest BCUT2D eigenvalue weighted by atomic mass is 10.1. The minimum absolute atomic E-state index is 0.256. The van der Waals surface area contributed by atoms with Gasteiger partial charge in [-0.25, -0.2) is 0 Å². The number of oxime groups is 1. The van der Waals surface area contributed by atoms with Gasteiger partial charge in [0.25, 0.3) is 5.91 Å².